The first kappa shape index (κ1) is 14.8. The molecular weight excluding hydrogens is 248 g/mol. The fourth-order valence-corrected chi connectivity index (χ4v) is 4.60. The van der Waals surface area contributed by atoms with Crippen molar-refractivity contribution in [2.75, 3.05) is 52.9 Å². The van der Waals surface area contributed by atoms with Gasteiger partial charge in [-0.1, -0.05) is 6.42 Å². The van der Waals surface area contributed by atoms with Gasteiger partial charge in [0.1, 0.15) is 0 Å². The van der Waals surface area contributed by atoms with Crippen LogP contribution in [0.15, 0.2) is 0 Å². The van der Waals surface area contributed by atoms with Crippen molar-refractivity contribution in [1.82, 2.24) is 14.7 Å². The molecule has 0 spiro atoms. The minimum Gasteiger partial charge on any atom is -0.329 e. The first-order valence-electron chi connectivity index (χ1n) is 8.61. The van der Waals surface area contributed by atoms with Gasteiger partial charge in [0.2, 0.25) is 0 Å². The lowest BCUT2D eigenvalue weighted by atomic mass is 9.91. The Bertz CT molecular complexity index is 308. The molecule has 1 atom stereocenters. The Balaban J connectivity index is 1.55. The van der Waals surface area contributed by atoms with Gasteiger partial charge < -0.3 is 15.5 Å². The summed E-state index contributed by atoms with van der Waals surface area (Å²) in [6.07, 6.45) is 8.23. The van der Waals surface area contributed by atoms with Gasteiger partial charge in [-0.2, -0.15) is 0 Å². The highest BCUT2D eigenvalue weighted by Crippen LogP contribution is 2.31. The molecular formula is C16H32N4. The number of nitrogens with two attached hydrogens (primary N) is 1. The topological polar surface area (TPSA) is 35.7 Å². The maximum absolute atomic E-state index is 6.16. The Labute approximate surface area is 124 Å². The third kappa shape index (κ3) is 2.89. The molecule has 0 amide bonds. The van der Waals surface area contributed by atoms with E-state index in [4.69, 9.17) is 5.73 Å². The number of hydrogen-bond acceptors (Lipinski definition) is 4. The monoisotopic (exact) mass is 280 g/mol. The summed E-state index contributed by atoms with van der Waals surface area (Å²) in [6, 6.07) is 0.848. The molecule has 20 heavy (non-hydrogen) atoms. The molecule has 3 aliphatic rings. The summed E-state index contributed by atoms with van der Waals surface area (Å²) in [5.74, 6) is 0. The Kier molecular flexibility index (Phi) is 4.65. The predicted molar refractivity (Wildman–Crippen MR) is 83.9 cm³/mol. The highest BCUT2D eigenvalue weighted by molar-refractivity contribution is 5.01. The summed E-state index contributed by atoms with van der Waals surface area (Å²) >= 11 is 0. The van der Waals surface area contributed by atoms with E-state index in [0.717, 1.165) is 19.1 Å². The predicted octanol–water partition coefficient (Wildman–Crippen LogP) is 0.970. The van der Waals surface area contributed by atoms with Crippen LogP contribution in [0.4, 0.5) is 0 Å². The second-order valence-corrected chi connectivity index (χ2v) is 7.23. The van der Waals surface area contributed by atoms with Crippen LogP contribution < -0.4 is 5.73 Å². The van der Waals surface area contributed by atoms with Crippen LogP contribution in [0.2, 0.25) is 0 Å². The molecule has 2 N–H and O–H groups in total. The van der Waals surface area contributed by atoms with E-state index in [1.54, 1.807) is 0 Å². The number of likely N-dealkylation sites (tertiary alicyclic amines) is 3. The van der Waals surface area contributed by atoms with E-state index in [-0.39, 0.29) is 5.54 Å². The first-order chi connectivity index (χ1) is 9.73. The molecule has 0 aliphatic carbocycles. The average Bonchev–Trinajstić information content (AvgIpc) is 2.91. The van der Waals surface area contributed by atoms with Crippen molar-refractivity contribution in [3.8, 4) is 0 Å². The van der Waals surface area contributed by atoms with Crippen molar-refractivity contribution in [2.45, 2.75) is 50.1 Å². The average molecular weight is 280 g/mol. The van der Waals surface area contributed by atoms with Crippen molar-refractivity contribution in [3.05, 3.63) is 0 Å². The standard InChI is InChI=1S/C16H32N4/c1-18-12-7-16(13-17,14-18)20-10-5-15(6-11-20)19-8-3-2-4-9-19/h15H,2-14,17H2,1H3. The molecule has 0 saturated carbocycles. The van der Waals surface area contributed by atoms with Crippen LogP contribution in [0.3, 0.4) is 0 Å². The Morgan fingerprint density at radius 1 is 1.00 bits per heavy atom. The van der Waals surface area contributed by atoms with Crippen LogP contribution in [-0.4, -0.2) is 79.1 Å². The van der Waals surface area contributed by atoms with Gasteiger partial charge >= 0.3 is 0 Å². The molecule has 0 bridgehead atoms. The van der Waals surface area contributed by atoms with Crippen LogP contribution >= 0.6 is 0 Å². The van der Waals surface area contributed by atoms with Gasteiger partial charge in [-0.25, -0.2) is 0 Å². The quantitative estimate of drug-likeness (QED) is 0.836. The maximum atomic E-state index is 6.16. The van der Waals surface area contributed by atoms with Crippen molar-refractivity contribution < 1.29 is 0 Å². The van der Waals surface area contributed by atoms with Crippen LogP contribution in [-0.2, 0) is 0 Å². The molecule has 116 valence electrons. The summed E-state index contributed by atoms with van der Waals surface area (Å²) in [5.41, 5.74) is 6.44. The first-order valence-corrected chi connectivity index (χ1v) is 8.61. The molecule has 3 aliphatic heterocycles. The minimum absolute atomic E-state index is 0.279. The summed E-state index contributed by atoms with van der Waals surface area (Å²) in [4.78, 5) is 7.93. The molecule has 3 rings (SSSR count). The zero-order valence-corrected chi connectivity index (χ0v) is 13.2. The smallest absolute Gasteiger partial charge is 0.0470 e. The molecule has 3 fully saturated rings. The second kappa shape index (κ2) is 6.30. The summed E-state index contributed by atoms with van der Waals surface area (Å²) in [7, 11) is 2.23. The lowest BCUT2D eigenvalue weighted by molar-refractivity contribution is 0.0334. The van der Waals surface area contributed by atoms with Gasteiger partial charge in [0.25, 0.3) is 0 Å². The van der Waals surface area contributed by atoms with Crippen LogP contribution in [0, 0.1) is 0 Å². The second-order valence-electron chi connectivity index (χ2n) is 7.23. The lowest BCUT2D eigenvalue weighted by Crippen LogP contribution is -2.59. The van der Waals surface area contributed by atoms with Crippen molar-refractivity contribution >= 4 is 0 Å². The molecule has 3 saturated heterocycles. The Morgan fingerprint density at radius 3 is 2.25 bits per heavy atom. The SMILES string of the molecule is CN1CCC(CN)(N2CCC(N3CCCCC3)CC2)C1. The summed E-state index contributed by atoms with van der Waals surface area (Å²) in [5, 5.41) is 0. The van der Waals surface area contributed by atoms with E-state index in [1.807, 2.05) is 0 Å². The fourth-order valence-electron chi connectivity index (χ4n) is 4.60. The highest BCUT2D eigenvalue weighted by atomic mass is 15.3. The number of piperidine rings is 2. The van der Waals surface area contributed by atoms with Crippen molar-refractivity contribution in [3.63, 3.8) is 0 Å². The van der Waals surface area contributed by atoms with Gasteiger partial charge in [-0.3, -0.25) is 4.90 Å². The number of likely N-dealkylation sites (N-methyl/N-ethyl adjacent to an activating group) is 1. The number of nitrogens with zero attached hydrogens (tertiary/aromatic N) is 3. The molecule has 0 aromatic heterocycles. The van der Waals surface area contributed by atoms with E-state index in [0.29, 0.717) is 0 Å². The lowest BCUT2D eigenvalue weighted by Gasteiger charge is -2.47. The molecule has 0 aromatic rings. The normalized spacial score (nSPS) is 35.7. The molecule has 1 unspecified atom stereocenters. The van der Waals surface area contributed by atoms with E-state index < -0.39 is 0 Å². The number of rotatable bonds is 3. The van der Waals surface area contributed by atoms with Gasteiger partial charge in [-0.05, 0) is 58.8 Å². The van der Waals surface area contributed by atoms with Gasteiger partial charge in [0.15, 0.2) is 0 Å². The van der Waals surface area contributed by atoms with Crippen LogP contribution in [0.25, 0.3) is 0 Å². The van der Waals surface area contributed by atoms with E-state index in [1.165, 1.54) is 71.2 Å². The van der Waals surface area contributed by atoms with E-state index >= 15 is 0 Å². The fraction of sp³-hybridized carbons (Fsp3) is 1.00. The zero-order chi connectivity index (χ0) is 14.0. The highest BCUT2D eigenvalue weighted by Gasteiger charge is 2.42. The van der Waals surface area contributed by atoms with Gasteiger partial charge in [0, 0.05) is 37.8 Å². The van der Waals surface area contributed by atoms with Crippen molar-refractivity contribution in [2.24, 2.45) is 5.73 Å². The molecule has 0 aromatic carbocycles. The molecule has 4 nitrogen and oxygen atoms in total. The third-order valence-electron chi connectivity index (χ3n) is 5.95. The van der Waals surface area contributed by atoms with Gasteiger partial charge in [0.05, 0.1) is 0 Å². The summed E-state index contributed by atoms with van der Waals surface area (Å²) < 4.78 is 0. The molecule has 0 radical (unpaired) electrons. The van der Waals surface area contributed by atoms with Crippen molar-refractivity contribution in [1.29, 1.82) is 0 Å². The van der Waals surface area contributed by atoms with Gasteiger partial charge in [-0.15, -0.1) is 0 Å². The summed E-state index contributed by atoms with van der Waals surface area (Å²) in [6.45, 7) is 8.40. The zero-order valence-electron chi connectivity index (χ0n) is 13.2. The van der Waals surface area contributed by atoms with Crippen LogP contribution in [0.1, 0.15) is 38.5 Å². The van der Waals surface area contributed by atoms with E-state index in [9.17, 15) is 0 Å². The third-order valence-corrected chi connectivity index (χ3v) is 5.95. The maximum Gasteiger partial charge on any atom is 0.0470 e. The van der Waals surface area contributed by atoms with E-state index in [2.05, 4.69) is 21.7 Å². The molecule has 3 heterocycles. The van der Waals surface area contributed by atoms with Crippen LogP contribution in [0.5, 0.6) is 0 Å². The number of hydrogen-bond donors (Lipinski definition) is 1. The largest absolute Gasteiger partial charge is 0.329 e. The molecule has 4 heteroatoms. The Hall–Kier alpha value is -0.160. The Morgan fingerprint density at radius 2 is 1.70 bits per heavy atom. The minimum atomic E-state index is 0.279.